The molecule has 1 aromatic rings. The summed E-state index contributed by atoms with van der Waals surface area (Å²) in [5, 5.41) is 0. The van der Waals surface area contributed by atoms with Crippen LogP contribution in [0.4, 0.5) is 5.69 Å². The number of hydrogen-bond donors (Lipinski definition) is 2. The summed E-state index contributed by atoms with van der Waals surface area (Å²) in [6, 6.07) is 5.59. The maximum Gasteiger partial charge on any atom is 0.255 e. The summed E-state index contributed by atoms with van der Waals surface area (Å²) in [6.45, 7) is 2.70. The van der Waals surface area contributed by atoms with Crippen LogP contribution in [-0.2, 0) is 0 Å². The number of thioether (sulfide) groups is 1. The van der Waals surface area contributed by atoms with Crippen molar-refractivity contribution in [2.24, 2.45) is 5.84 Å². The molecule has 1 amide bonds. The van der Waals surface area contributed by atoms with E-state index in [9.17, 15) is 4.79 Å². The van der Waals surface area contributed by atoms with E-state index in [1.807, 2.05) is 31.4 Å². The summed E-state index contributed by atoms with van der Waals surface area (Å²) >= 11 is 1.72. The number of benzene rings is 1. The summed E-state index contributed by atoms with van der Waals surface area (Å²) in [5.74, 6) is 6.36. The Bertz CT molecular complexity index is 395. The van der Waals surface area contributed by atoms with Crippen LogP contribution in [0.15, 0.2) is 18.2 Å². The van der Waals surface area contributed by atoms with Crippen molar-refractivity contribution in [3.05, 3.63) is 29.3 Å². The molecule has 3 N–H and O–H groups in total. The van der Waals surface area contributed by atoms with Crippen molar-refractivity contribution >= 4 is 23.4 Å². The molecule has 4 nitrogen and oxygen atoms in total. The van der Waals surface area contributed by atoms with Crippen LogP contribution in [0.2, 0.25) is 0 Å². The third-order valence-corrected chi connectivity index (χ3v) is 3.13. The normalized spacial score (nSPS) is 10.1. The van der Waals surface area contributed by atoms with Gasteiger partial charge in [0.2, 0.25) is 0 Å². The monoisotopic (exact) mass is 253 g/mol. The van der Waals surface area contributed by atoms with Crippen molar-refractivity contribution in [1.29, 1.82) is 0 Å². The number of nitrogens with two attached hydrogens (primary N) is 1. The predicted molar refractivity (Wildman–Crippen MR) is 74.3 cm³/mol. The Kier molecular flexibility index (Phi) is 5.31. The molecule has 0 radical (unpaired) electrons. The third-order valence-electron chi connectivity index (χ3n) is 2.54. The first-order valence-electron chi connectivity index (χ1n) is 5.41. The number of amides is 1. The van der Waals surface area contributed by atoms with Crippen LogP contribution in [0.25, 0.3) is 0 Å². The molecule has 0 saturated heterocycles. The molecular weight excluding hydrogens is 234 g/mol. The molecule has 0 atom stereocenters. The van der Waals surface area contributed by atoms with Gasteiger partial charge in [-0.05, 0) is 30.9 Å². The second-order valence-corrected chi connectivity index (χ2v) is 4.90. The average Bonchev–Trinajstić information content (AvgIpc) is 2.34. The quantitative estimate of drug-likeness (QED) is 0.619. The Morgan fingerprint density at radius 2 is 2.24 bits per heavy atom. The molecule has 0 bridgehead atoms. The van der Waals surface area contributed by atoms with Gasteiger partial charge in [0.25, 0.3) is 5.91 Å². The largest absolute Gasteiger partial charge is 0.341 e. The molecule has 0 aliphatic rings. The highest BCUT2D eigenvalue weighted by molar-refractivity contribution is 7.98. The van der Waals surface area contributed by atoms with Gasteiger partial charge in [-0.2, -0.15) is 11.8 Å². The van der Waals surface area contributed by atoms with Gasteiger partial charge in [-0.1, -0.05) is 6.07 Å². The standard InChI is InChI=1S/C12H19N3OS/c1-9-4-5-10(11(8-9)14-13)12(16)15(2)6-7-17-3/h4-5,8,14H,6-7,13H2,1-3H3. The van der Waals surface area contributed by atoms with Gasteiger partial charge in [-0.3, -0.25) is 10.6 Å². The molecule has 94 valence electrons. The summed E-state index contributed by atoms with van der Waals surface area (Å²) in [7, 11) is 1.80. The fraction of sp³-hybridized carbons (Fsp3) is 0.417. The first kappa shape index (κ1) is 13.9. The molecule has 1 aromatic carbocycles. The Morgan fingerprint density at radius 3 is 2.82 bits per heavy atom. The van der Waals surface area contributed by atoms with Crippen LogP contribution in [-0.4, -0.2) is 36.4 Å². The van der Waals surface area contributed by atoms with Crippen LogP contribution >= 0.6 is 11.8 Å². The van der Waals surface area contributed by atoms with Gasteiger partial charge in [0, 0.05) is 19.3 Å². The van der Waals surface area contributed by atoms with E-state index in [1.165, 1.54) is 0 Å². The smallest absolute Gasteiger partial charge is 0.255 e. The van der Waals surface area contributed by atoms with Crippen molar-refractivity contribution < 1.29 is 4.79 Å². The lowest BCUT2D eigenvalue weighted by Crippen LogP contribution is -2.30. The van der Waals surface area contributed by atoms with Gasteiger partial charge in [0.05, 0.1) is 11.3 Å². The first-order valence-corrected chi connectivity index (χ1v) is 6.81. The average molecular weight is 253 g/mol. The van der Waals surface area contributed by atoms with E-state index in [2.05, 4.69) is 5.43 Å². The number of hydrazine groups is 1. The van der Waals surface area contributed by atoms with Gasteiger partial charge in [0.15, 0.2) is 0 Å². The van der Waals surface area contributed by atoms with E-state index in [1.54, 1.807) is 23.7 Å². The lowest BCUT2D eigenvalue weighted by Gasteiger charge is -2.18. The Hall–Kier alpha value is -1.20. The maximum absolute atomic E-state index is 12.2. The number of nitrogen functional groups attached to an aromatic ring is 1. The Labute approximate surface area is 107 Å². The van der Waals surface area contributed by atoms with Crippen LogP contribution in [0, 0.1) is 6.92 Å². The minimum atomic E-state index is -0.00741. The maximum atomic E-state index is 12.2. The van der Waals surface area contributed by atoms with Crippen LogP contribution in [0.1, 0.15) is 15.9 Å². The van der Waals surface area contributed by atoms with E-state index >= 15 is 0 Å². The Morgan fingerprint density at radius 1 is 1.53 bits per heavy atom. The lowest BCUT2D eigenvalue weighted by molar-refractivity contribution is 0.0804. The zero-order valence-electron chi connectivity index (χ0n) is 10.5. The zero-order chi connectivity index (χ0) is 12.8. The number of carbonyl (C=O) groups excluding carboxylic acids is 1. The fourth-order valence-electron chi connectivity index (χ4n) is 1.50. The van der Waals surface area contributed by atoms with Crippen molar-refractivity contribution in [2.45, 2.75) is 6.92 Å². The molecule has 0 saturated carbocycles. The molecule has 1 rings (SSSR count). The van der Waals surface area contributed by atoms with Gasteiger partial charge in [-0.25, -0.2) is 0 Å². The third kappa shape index (κ3) is 3.64. The molecule has 0 fully saturated rings. The van der Waals surface area contributed by atoms with E-state index in [-0.39, 0.29) is 5.91 Å². The van der Waals surface area contributed by atoms with Gasteiger partial charge in [-0.15, -0.1) is 0 Å². The van der Waals surface area contributed by atoms with Crippen LogP contribution in [0.5, 0.6) is 0 Å². The van der Waals surface area contributed by atoms with Crippen molar-refractivity contribution in [1.82, 2.24) is 4.90 Å². The highest BCUT2D eigenvalue weighted by atomic mass is 32.2. The molecule has 0 unspecified atom stereocenters. The Balaban J connectivity index is 2.87. The fourth-order valence-corrected chi connectivity index (χ4v) is 1.96. The van der Waals surface area contributed by atoms with E-state index < -0.39 is 0 Å². The number of nitrogens with zero attached hydrogens (tertiary/aromatic N) is 1. The summed E-state index contributed by atoms with van der Waals surface area (Å²) < 4.78 is 0. The molecule has 0 heterocycles. The van der Waals surface area contributed by atoms with E-state index in [0.717, 1.165) is 17.9 Å². The topological polar surface area (TPSA) is 58.4 Å². The summed E-state index contributed by atoms with van der Waals surface area (Å²) in [6.07, 6.45) is 2.02. The molecular formula is C12H19N3OS. The number of anilines is 1. The molecule has 0 spiro atoms. The minimum absolute atomic E-state index is 0.00741. The predicted octanol–water partition coefficient (Wildman–Crippen LogP) is 1.72. The van der Waals surface area contributed by atoms with Crippen LogP contribution in [0.3, 0.4) is 0 Å². The molecule has 17 heavy (non-hydrogen) atoms. The second kappa shape index (κ2) is 6.51. The number of rotatable bonds is 5. The summed E-state index contributed by atoms with van der Waals surface area (Å²) in [4.78, 5) is 13.9. The number of carbonyl (C=O) groups is 1. The van der Waals surface area contributed by atoms with Gasteiger partial charge < -0.3 is 10.3 Å². The van der Waals surface area contributed by atoms with Gasteiger partial charge >= 0.3 is 0 Å². The van der Waals surface area contributed by atoms with Crippen molar-refractivity contribution in [2.75, 3.05) is 31.0 Å². The number of nitrogens with one attached hydrogen (secondary N) is 1. The highest BCUT2D eigenvalue weighted by Gasteiger charge is 2.15. The van der Waals surface area contributed by atoms with E-state index in [0.29, 0.717) is 11.3 Å². The number of aryl methyl sites for hydroxylation is 1. The number of hydrogen-bond acceptors (Lipinski definition) is 4. The molecule has 0 aliphatic carbocycles. The minimum Gasteiger partial charge on any atom is -0.341 e. The first-order chi connectivity index (χ1) is 8.10. The van der Waals surface area contributed by atoms with Gasteiger partial charge in [0.1, 0.15) is 0 Å². The molecule has 5 heteroatoms. The van der Waals surface area contributed by atoms with Crippen molar-refractivity contribution in [3.63, 3.8) is 0 Å². The van der Waals surface area contributed by atoms with E-state index in [4.69, 9.17) is 5.84 Å². The SMILES string of the molecule is CSCCN(C)C(=O)c1ccc(C)cc1NN. The summed E-state index contributed by atoms with van der Waals surface area (Å²) in [5.41, 5.74) is 4.93. The molecule has 0 aromatic heterocycles. The molecule has 0 aliphatic heterocycles. The van der Waals surface area contributed by atoms with Crippen molar-refractivity contribution in [3.8, 4) is 0 Å². The lowest BCUT2D eigenvalue weighted by atomic mass is 10.1. The zero-order valence-corrected chi connectivity index (χ0v) is 11.3. The second-order valence-electron chi connectivity index (χ2n) is 3.91. The van der Waals surface area contributed by atoms with Crippen LogP contribution < -0.4 is 11.3 Å². The highest BCUT2D eigenvalue weighted by Crippen LogP contribution is 2.18.